The van der Waals surface area contributed by atoms with Gasteiger partial charge in [-0.25, -0.2) is 0 Å². The Morgan fingerprint density at radius 2 is 2.13 bits per heavy atom. The second-order valence-corrected chi connectivity index (χ2v) is 3.73. The van der Waals surface area contributed by atoms with Crippen molar-refractivity contribution in [1.29, 1.82) is 0 Å². The van der Waals surface area contributed by atoms with Crippen molar-refractivity contribution >= 4 is 12.4 Å². The second kappa shape index (κ2) is 6.77. The van der Waals surface area contributed by atoms with E-state index in [0.29, 0.717) is 6.04 Å². The van der Waals surface area contributed by atoms with Crippen LogP contribution in [0, 0.1) is 0 Å². The molecular formula is C11H18ClN3. The highest BCUT2D eigenvalue weighted by Gasteiger charge is 2.11. The normalized spacial score (nSPS) is 17.1. The Hall–Kier alpha value is -0.640. The van der Waals surface area contributed by atoms with Crippen LogP contribution in [0.25, 0.3) is 0 Å². The van der Waals surface area contributed by atoms with Crippen LogP contribution >= 0.6 is 12.4 Å². The lowest BCUT2D eigenvalue weighted by atomic mass is 10.1. The van der Waals surface area contributed by atoms with Crippen molar-refractivity contribution in [1.82, 2.24) is 15.6 Å². The van der Waals surface area contributed by atoms with Crippen molar-refractivity contribution < 1.29 is 0 Å². The first-order valence-electron chi connectivity index (χ1n) is 5.29. The molecule has 0 aliphatic carbocycles. The summed E-state index contributed by atoms with van der Waals surface area (Å²) in [6, 6.07) is 6.72. The Labute approximate surface area is 97.1 Å². The van der Waals surface area contributed by atoms with E-state index in [1.165, 1.54) is 12.8 Å². The number of hydrogen-bond donors (Lipinski definition) is 2. The molecule has 1 aliphatic heterocycles. The standard InChI is InChI=1S/C11H17N3.ClH/c1-2-6-13-11(3-1)9-14-10-4-7-12-8-5-10;/h1-3,6,10,12,14H,4-5,7-9H2;1H. The molecular weight excluding hydrogens is 210 g/mol. The molecule has 0 spiro atoms. The van der Waals surface area contributed by atoms with Crippen LogP contribution < -0.4 is 10.6 Å². The molecule has 0 atom stereocenters. The van der Waals surface area contributed by atoms with Gasteiger partial charge in [0.1, 0.15) is 0 Å². The molecule has 0 amide bonds. The molecule has 1 fully saturated rings. The number of rotatable bonds is 3. The first-order valence-corrected chi connectivity index (χ1v) is 5.29. The van der Waals surface area contributed by atoms with Gasteiger partial charge in [-0.1, -0.05) is 6.07 Å². The van der Waals surface area contributed by atoms with Crippen LogP contribution in [0.2, 0.25) is 0 Å². The highest BCUT2D eigenvalue weighted by atomic mass is 35.5. The molecule has 0 aromatic carbocycles. The lowest BCUT2D eigenvalue weighted by Gasteiger charge is -2.23. The monoisotopic (exact) mass is 227 g/mol. The molecule has 1 aromatic rings. The van der Waals surface area contributed by atoms with Crippen LogP contribution in [0.1, 0.15) is 18.5 Å². The molecule has 2 heterocycles. The zero-order chi connectivity index (χ0) is 9.64. The van der Waals surface area contributed by atoms with E-state index in [1.54, 1.807) is 0 Å². The zero-order valence-corrected chi connectivity index (χ0v) is 9.59. The smallest absolute Gasteiger partial charge is 0.0541 e. The fourth-order valence-corrected chi connectivity index (χ4v) is 1.78. The van der Waals surface area contributed by atoms with E-state index < -0.39 is 0 Å². The van der Waals surface area contributed by atoms with Crippen molar-refractivity contribution in [2.45, 2.75) is 25.4 Å². The number of piperidine rings is 1. The lowest BCUT2D eigenvalue weighted by molar-refractivity contribution is 0.385. The first-order chi connectivity index (χ1) is 6.95. The summed E-state index contributed by atoms with van der Waals surface area (Å²) in [4.78, 5) is 4.29. The molecule has 0 radical (unpaired) electrons. The quantitative estimate of drug-likeness (QED) is 0.819. The summed E-state index contributed by atoms with van der Waals surface area (Å²) >= 11 is 0. The third-order valence-corrected chi connectivity index (χ3v) is 2.64. The van der Waals surface area contributed by atoms with Crippen LogP contribution in [-0.4, -0.2) is 24.1 Å². The molecule has 2 rings (SSSR count). The number of pyridine rings is 1. The highest BCUT2D eigenvalue weighted by Crippen LogP contribution is 2.03. The maximum Gasteiger partial charge on any atom is 0.0541 e. The summed E-state index contributed by atoms with van der Waals surface area (Å²) in [5.74, 6) is 0. The van der Waals surface area contributed by atoms with Crippen molar-refractivity contribution in [3.05, 3.63) is 30.1 Å². The van der Waals surface area contributed by atoms with E-state index in [1.807, 2.05) is 18.3 Å². The molecule has 0 unspecified atom stereocenters. The Balaban J connectivity index is 0.00000112. The van der Waals surface area contributed by atoms with Crippen molar-refractivity contribution in [3.8, 4) is 0 Å². The van der Waals surface area contributed by atoms with Gasteiger partial charge in [-0.05, 0) is 38.1 Å². The minimum atomic E-state index is 0. The lowest BCUT2D eigenvalue weighted by Crippen LogP contribution is -2.39. The van der Waals surface area contributed by atoms with Crippen molar-refractivity contribution in [2.75, 3.05) is 13.1 Å². The summed E-state index contributed by atoms with van der Waals surface area (Å²) in [5, 5.41) is 6.89. The van der Waals surface area contributed by atoms with Gasteiger partial charge in [0.2, 0.25) is 0 Å². The van der Waals surface area contributed by atoms with Gasteiger partial charge < -0.3 is 10.6 Å². The Kier molecular flexibility index (Phi) is 5.61. The maximum absolute atomic E-state index is 4.29. The molecule has 0 saturated carbocycles. The molecule has 1 aliphatic rings. The molecule has 84 valence electrons. The third-order valence-electron chi connectivity index (χ3n) is 2.64. The molecule has 4 heteroatoms. The van der Waals surface area contributed by atoms with E-state index in [9.17, 15) is 0 Å². The summed E-state index contributed by atoms with van der Waals surface area (Å²) in [6.45, 7) is 3.17. The van der Waals surface area contributed by atoms with Crippen LogP contribution in [0.15, 0.2) is 24.4 Å². The zero-order valence-electron chi connectivity index (χ0n) is 8.78. The number of aromatic nitrogens is 1. The number of hydrogen-bond acceptors (Lipinski definition) is 3. The Morgan fingerprint density at radius 1 is 1.33 bits per heavy atom. The molecule has 15 heavy (non-hydrogen) atoms. The van der Waals surface area contributed by atoms with Gasteiger partial charge in [0.15, 0.2) is 0 Å². The van der Waals surface area contributed by atoms with Crippen LogP contribution in [0.4, 0.5) is 0 Å². The SMILES string of the molecule is Cl.c1ccc(CNC2CCNCC2)nc1. The fraction of sp³-hybridized carbons (Fsp3) is 0.545. The highest BCUT2D eigenvalue weighted by molar-refractivity contribution is 5.85. The van der Waals surface area contributed by atoms with Crippen molar-refractivity contribution in [3.63, 3.8) is 0 Å². The van der Waals surface area contributed by atoms with E-state index in [4.69, 9.17) is 0 Å². The van der Waals surface area contributed by atoms with Gasteiger partial charge in [-0.3, -0.25) is 4.98 Å². The second-order valence-electron chi connectivity index (χ2n) is 3.73. The van der Waals surface area contributed by atoms with Crippen LogP contribution in [0.5, 0.6) is 0 Å². The van der Waals surface area contributed by atoms with Gasteiger partial charge in [0.05, 0.1) is 5.69 Å². The molecule has 3 nitrogen and oxygen atoms in total. The van der Waals surface area contributed by atoms with Gasteiger partial charge in [0.25, 0.3) is 0 Å². The molecule has 2 N–H and O–H groups in total. The molecule has 1 saturated heterocycles. The Morgan fingerprint density at radius 3 is 2.80 bits per heavy atom. The fourth-order valence-electron chi connectivity index (χ4n) is 1.78. The summed E-state index contributed by atoms with van der Waals surface area (Å²) in [7, 11) is 0. The number of nitrogens with one attached hydrogen (secondary N) is 2. The van der Waals surface area contributed by atoms with E-state index >= 15 is 0 Å². The average Bonchev–Trinajstić information content (AvgIpc) is 2.29. The summed E-state index contributed by atoms with van der Waals surface area (Å²) in [5.41, 5.74) is 1.13. The maximum atomic E-state index is 4.29. The van der Waals surface area contributed by atoms with E-state index in [0.717, 1.165) is 25.3 Å². The van der Waals surface area contributed by atoms with E-state index in [2.05, 4.69) is 21.7 Å². The predicted octanol–water partition coefficient (Wildman–Crippen LogP) is 1.34. The van der Waals surface area contributed by atoms with Crippen molar-refractivity contribution in [2.24, 2.45) is 0 Å². The topological polar surface area (TPSA) is 37.0 Å². The average molecular weight is 228 g/mol. The summed E-state index contributed by atoms with van der Waals surface area (Å²) in [6.07, 6.45) is 4.30. The Bertz CT molecular complexity index is 260. The molecule has 0 bridgehead atoms. The predicted molar refractivity (Wildman–Crippen MR) is 64.2 cm³/mol. The van der Waals surface area contributed by atoms with Crippen LogP contribution in [-0.2, 0) is 6.54 Å². The van der Waals surface area contributed by atoms with Crippen LogP contribution in [0.3, 0.4) is 0 Å². The van der Waals surface area contributed by atoms with Gasteiger partial charge in [-0.15, -0.1) is 12.4 Å². The van der Waals surface area contributed by atoms with Gasteiger partial charge in [-0.2, -0.15) is 0 Å². The minimum Gasteiger partial charge on any atom is -0.317 e. The summed E-state index contributed by atoms with van der Waals surface area (Å²) < 4.78 is 0. The van der Waals surface area contributed by atoms with Gasteiger partial charge in [0, 0.05) is 18.8 Å². The largest absolute Gasteiger partial charge is 0.317 e. The molecule has 1 aromatic heterocycles. The number of nitrogens with zero attached hydrogens (tertiary/aromatic N) is 1. The minimum absolute atomic E-state index is 0. The third kappa shape index (κ3) is 4.16. The number of halogens is 1. The first kappa shape index (κ1) is 12.4. The van der Waals surface area contributed by atoms with Gasteiger partial charge >= 0.3 is 0 Å². The van der Waals surface area contributed by atoms with E-state index in [-0.39, 0.29) is 12.4 Å².